The van der Waals surface area contributed by atoms with E-state index in [1.807, 2.05) is 22.7 Å². The van der Waals surface area contributed by atoms with Crippen LogP contribution in [0.1, 0.15) is 59.8 Å². The van der Waals surface area contributed by atoms with E-state index in [-0.39, 0.29) is 18.2 Å². The van der Waals surface area contributed by atoms with Crippen LogP contribution in [0.5, 0.6) is 0 Å². The Balaban J connectivity index is 1.45. The predicted molar refractivity (Wildman–Crippen MR) is 102 cm³/mol. The molecule has 26 heavy (non-hydrogen) atoms. The van der Waals surface area contributed by atoms with Crippen LogP contribution in [0.4, 0.5) is 5.00 Å². The van der Waals surface area contributed by atoms with Gasteiger partial charge in [-0.2, -0.15) is 5.10 Å². The molecule has 6 nitrogen and oxygen atoms in total. The summed E-state index contributed by atoms with van der Waals surface area (Å²) in [5.74, 6) is 1.94. The topological polar surface area (TPSA) is 60.0 Å². The van der Waals surface area contributed by atoms with E-state index in [4.69, 9.17) is 0 Å². The number of amides is 1. The summed E-state index contributed by atoms with van der Waals surface area (Å²) in [5.41, 5.74) is 5.53. The Hall–Kier alpha value is -1.76. The average Bonchev–Trinajstić information content (AvgIpc) is 3.26. The Labute approximate surface area is 157 Å². The quantitative estimate of drug-likeness (QED) is 0.736. The number of hydrazone groups is 1. The number of thiophene rings is 1. The maximum Gasteiger partial charge on any atom is 0.277 e. The van der Waals surface area contributed by atoms with Crippen LogP contribution in [0.3, 0.4) is 0 Å². The van der Waals surface area contributed by atoms with E-state index in [1.165, 1.54) is 42.5 Å². The van der Waals surface area contributed by atoms with Gasteiger partial charge >= 0.3 is 0 Å². The number of nitrogens with zero attached hydrogens (tertiary/aromatic N) is 3. The number of anilines is 1. The van der Waals surface area contributed by atoms with Gasteiger partial charge in [0.1, 0.15) is 23.7 Å². The second-order valence-electron chi connectivity index (χ2n) is 8.61. The van der Waals surface area contributed by atoms with Crippen molar-refractivity contribution >= 4 is 28.6 Å². The molecule has 0 spiro atoms. The third-order valence-corrected chi connectivity index (χ3v) is 8.26. The molecule has 0 radical (unpaired) electrons. The molecule has 1 aromatic heterocycles. The lowest BCUT2D eigenvalue weighted by molar-refractivity contribution is -0.103. The van der Waals surface area contributed by atoms with Gasteiger partial charge in [-0.15, -0.1) is 11.3 Å². The fourth-order valence-corrected chi connectivity index (χ4v) is 7.24. The van der Waals surface area contributed by atoms with Gasteiger partial charge in [0, 0.05) is 16.7 Å². The minimum atomic E-state index is 0.0698. The maximum absolute atomic E-state index is 13.6. The van der Waals surface area contributed by atoms with E-state index in [9.17, 15) is 4.79 Å². The zero-order chi connectivity index (χ0) is 17.4. The zero-order valence-electron chi connectivity index (χ0n) is 15.1. The third-order valence-electron chi connectivity index (χ3n) is 7.08. The Morgan fingerprint density at radius 3 is 2.85 bits per heavy atom. The summed E-state index contributed by atoms with van der Waals surface area (Å²) in [6.45, 7) is 2.32. The SMILES string of the molecule is C[C@@H]1CCc2c(sc3c2C(=O)N2C(N3)C3CCCCC3C3NN=CN32)C1. The van der Waals surface area contributed by atoms with Crippen LogP contribution in [-0.2, 0) is 12.8 Å². The molecule has 2 aliphatic carbocycles. The molecule has 0 aromatic carbocycles. The van der Waals surface area contributed by atoms with Gasteiger partial charge in [0.25, 0.3) is 5.91 Å². The molecule has 1 saturated carbocycles. The smallest absolute Gasteiger partial charge is 0.277 e. The third kappa shape index (κ3) is 1.92. The van der Waals surface area contributed by atoms with E-state index in [1.54, 1.807) is 0 Å². The summed E-state index contributed by atoms with van der Waals surface area (Å²) >= 11 is 1.84. The molecule has 3 aliphatic heterocycles. The molecule has 1 saturated heterocycles. The molecule has 2 N–H and O–H groups in total. The van der Waals surface area contributed by atoms with Crippen molar-refractivity contribution < 1.29 is 4.79 Å². The number of fused-ring (bicyclic) bond motifs is 9. The van der Waals surface area contributed by atoms with Gasteiger partial charge in [-0.1, -0.05) is 19.8 Å². The zero-order valence-corrected chi connectivity index (χ0v) is 15.9. The summed E-state index contributed by atoms with van der Waals surface area (Å²) in [6, 6.07) is 0. The van der Waals surface area contributed by atoms with Gasteiger partial charge in [0.15, 0.2) is 0 Å². The maximum atomic E-state index is 13.6. The van der Waals surface area contributed by atoms with E-state index < -0.39 is 0 Å². The highest BCUT2D eigenvalue weighted by molar-refractivity contribution is 7.16. The summed E-state index contributed by atoms with van der Waals surface area (Å²) in [6.07, 6.45) is 10.3. The van der Waals surface area contributed by atoms with Crippen molar-refractivity contribution in [2.75, 3.05) is 5.32 Å². The van der Waals surface area contributed by atoms with Crippen LogP contribution in [0.2, 0.25) is 0 Å². The van der Waals surface area contributed by atoms with Crippen LogP contribution < -0.4 is 10.7 Å². The molecule has 4 heterocycles. The highest BCUT2D eigenvalue weighted by Crippen LogP contribution is 2.49. The van der Waals surface area contributed by atoms with Crippen LogP contribution in [-0.4, -0.2) is 34.6 Å². The minimum absolute atomic E-state index is 0.0698. The lowest BCUT2D eigenvalue weighted by atomic mass is 9.73. The van der Waals surface area contributed by atoms with Crippen LogP contribution >= 0.6 is 11.3 Å². The summed E-state index contributed by atoms with van der Waals surface area (Å²) in [5, 5.41) is 13.3. The van der Waals surface area contributed by atoms with Crippen LogP contribution in [0.15, 0.2) is 5.10 Å². The second kappa shape index (κ2) is 5.38. The van der Waals surface area contributed by atoms with Crippen molar-refractivity contribution in [2.24, 2.45) is 22.9 Å². The molecule has 4 unspecified atom stereocenters. The van der Waals surface area contributed by atoms with Crippen LogP contribution in [0.25, 0.3) is 0 Å². The monoisotopic (exact) mass is 371 g/mol. The van der Waals surface area contributed by atoms with Gasteiger partial charge in [0.2, 0.25) is 0 Å². The molecule has 7 heteroatoms. The van der Waals surface area contributed by atoms with Gasteiger partial charge in [-0.05, 0) is 43.6 Å². The minimum Gasteiger partial charge on any atom is -0.354 e. The number of nitrogens with one attached hydrogen (secondary N) is 2. The largest absolute Gasteiger partial charge is 0.354 e. The molecular formula is C19H25N5OS. The van der Waals surface area contributed by atoms with E-state index in [2.05, 4.69) is 27.8 Å². The highest BCUT2D eigenvalue weighted by Gasteiger charge is 2.54. The predicted octanol–water partition coefficient (Wildman–Crippen LogP) is 2.98. The van der Waals surface area contributed by atoms with Crippen molar-refractivity contribution in [2.45, 2.75) is 64.2 Å². The van der Waals surface area contributed by atoms with E-state index >= 15 is 0 Å². The number of hydrogen-bond acceptors (Lipinski definition) is 6. The second-order valence-corrected chi connectivity index (χ2v) is 9.71. The molecule has 1 amide bonds. The first-order valence-corrected chi connectivity index (χ1v) is 10.9. The van der Waals surface area contributed by atoms with Crippen molar-refractivity contribution in [3.63, 3.8) is 0 Å². The van der Waals surface area contributed by atoms with Gasteiger partial charge in [0.05, 0.1) is 5.56 Å². The Morgan fingerprint density at radius 2 is 2.00 bits per heavy atom. The first-order valence-electron chi connectivity index (χ1n) is 10.0. The van der Waals surface area contributed by atoms with Crippen molar-refractivity contribution in [3.8, 4) is 0 Å². The summed E-state index contributed by atoms with van der Waals surface area (Å²) in [7, 11) is 0. The van der Waals surface area contributed by atoms with Crippen molar-refractivity contribution in [3.05, 3.63) is 16.0 Å². The highest BCUT2D eigenvalue weighted by atomic mass is 32.1. The lowest BCUT2D eigenvalue weighted by Crippen LogP contribution is -2.70. The Morgan fingerprint density at radius 1 is 1.19 bits per heavy atom. The van der Waals surface area contributed by atoms with Crippen LogP contribution in [0, 0.1) is 17.8 Å². The number of carbonyl (C=O) groups is 1. The Kier molecular flexibility index (Phi) is 3.17. The number of hydrazine groups is 1. The van der Waals surface area contributed by atoms with E-state index in [0.717, 1.165) is 29.3 Å². The van der Waals surface area contributed by atoms with Gasteiger partial charge in [-0.3, -0.25) is 10.2 Å². The fourth-order valence-electron chi connectivity index (χ4n) is 5.81. The van der Waals surface area contributed by atoms with Crippen molar-refractivity contribution in [1.29, 1.82) is 0 Å². The number of carbonyl (C=O) groups excluding carboxylic acids is 1. The normalized spacial score (nSPS) is 37.1. The fraction of sp³-hybridized carbons (Fsp3) is 0.684. The summed E-state index contributed by atoms with van der Waals surface area (Å²) in [4.78, 5) is 15.1. The first kappa shape index (κ1) is 15.3. The molecule has 0 bridgehead atoms. The molecule has 1 aromatic rings. The van der Waals surface area contributed by atoms with Gasteiger partial charge < -0.3 is 5.32 Å². The van der Waals surface area contributed by atoms with E-state index in [0.29, 0.717) is 11.8 Å². The number of rotatable bonds is 0. The molecular weight excluding hydrogens is 346 g/mol. The average molecular weight is 372 g/mol. The molecule has 5 aliphatic rings. The van der Waals surface area contributed by atoms with Gasteiger partial charge in [-0.25, -0.2) is 10.0 Å². The number of hydrogen-bond donors (Lipinski definition) is 2. The summed E-state index contributed by atoms with van der Waals surface area (Å²) < 4.78 is 0. The molecule has 6 rings (SSSR count). The molecule has 2 fully saturated rings. The standard InChI is InChI=1S/C19H25N5OS/c1-10-6-7-13-14(8-10)26-18-15(13)19(25)24-16(21-18)11-4-2-3-5-12(11)17-22-20-9-23(17)24/h9-12,16-17,21-22H,2-8H2,1H3/t10-,11?,12?,16?,17?/m1/s1. The first-order chi connectivity index (χ1) is 12.7. The Bertz CT molecular complexity index is 804. The molecule has 138 valence electrons. The lowest BCUT2D eigenvalue weighted by Gasteiger charge is -2.55. The molecule has 5 atom stereocenters. The van der Waals surface area contributed by atoms with Crippen molar-refractivity contribution in [1.82, 2.24) is 15.4 Å².